The molecule has 2 aromatic heterocycles. The molecule has 146 valence electrons. The first-order valence-electron chi connectivity index (χ1n) is 7.83. The molecule has 0 aliphatic rings. The maximum Gasteiger partial charge on any atom is 0.293 e. The largest absolute Gasteiger partial charge is 0.378 e. The number of hydrazone groups is 1. The number of halogens is 2. The fourth-order valence-corrected chi connectivity index (χ4v) is 2.25. The predicted octanol–water partition coefficient (Wildman–Crippen LogP) is 0.336. The quantitative estimate of drug-likeness (QED) is 0.453. The number of benzene rings is 1. The Labute approximate surface area is 156 Å². The van der Waals surface area contributed by atoms with E-state index in [1.165, 1.54) is 10.7 Å². The molecular weight excluding hydrogens is 376 g/mol. The molecule has 1 amide bonds. The van der Waals surface area contributed by atoms with Crippen molar-refractivity contribution in [2.24, 2.45) is 5.10 Å². The summed E-state index contributed by atoms with van der Waals surface area (Å²) in [6.07, 6.45) is 1.04. The Bertz CT molecular complexity index is 1030. The Morgan fingerprint density at radius 2 is 2.18 bits per heavy atom. The van der Waals surface area contributed by atoms with Crippen molar-refractivity contribution < 1.29 is 18.2 Å². The lowest BCUT2D eigenvalue weighted by atomic mass is 10.2. The summed E-state index contributed by atoms with van der Waals surface area (Å²) in [7, 11) is 3.55. The van der Waals surface area contributed by atoms with Gasteiger partial charge in [0.1, 0.15) is 11.6 Å². The van der Waals surface area contributed by atoms with Crippen molar-refractivity contribution in [2.75, 3.05) is 19.8 Å². The van der Waals surface area contributed by atoms with Crippen molar-refractivity contribution in [2.45, 2.75) is 6.54 Å². The number of nitrogen functional groups attached to an aromatic ring is 1. The van der Waals surface area contributed by atoms with E-state index in [1.54, 1.807) is 19.0 Å². The highest BCUT2D eigenvalue weighted by Gasteiger charge is 2.24. The Morgan fingerprint density at radius 3 is 2.82 bits per heavy atom. The number of carbonyl (C=O) groups excluding carboxylic acids is 1. The molecule has 3 N–H and O–H groups in total. The molecule has 0 saturated carbocycles. The molecule has 0 spiro atoms. The van der Waals surface area contributed by atoms with Crippen LogP contribution in [-0.2, 0) is 6.54 Å². The number of nitrogens with zero attached hydrogens (tertiary/aromatic N) is 7. The molecule has 11 nitrogen and oxygen atoms in total. The predicted molar refractivity (Wildman–Crippen MR) is 92.4 cm³/mol. The summed E-state index contributed by atoms with van der Waals surface area (Å²) >= 11 is 0. The third-order valence-corrected chi connectivity index (χ3v) is 3.47. The summed E-state index contributed by atoms with van der Waals surface area (Å²) in [6.45, 7) is 0.262. The van der Waals surface area contributed by atoms with Gasteiger partial charge in [-0.05, 0) is 36.5 Å². The molecule has 3 rings (SSSR count). The van der Waals surface area contributed by atoms with Gasteiger partial charge in [-0.15, -0.1) is 5.10 Å². The molecule has 0 fully saturated rings. The number of nitrogens with one attached hydrogen (secondary N) is 1. The smallest absolute Gasteiger partial charge is 0.293 e. The Morgan fingerprint density at radius 1 is 1.39 bits per heavy atom. The minimum atomic E-state index is -0.814. The van der Waals surface area contributed by atoms with Gasteiger partial charge in [0.05, 0.1) is 11.9 Å². The van der Waals surface area contributed by atoms with Crippen LogP contribution in [0.2, 0.25) is 0 Å². The zero-order valence-electron chi connectivity index (χ0n) is 14.8. The molecule has 0 saturated heterocycles. The highest BCUT2D eigenvalue weighted by molar-refractivity contribution is 5.94. The molecule has 0 bridgehead atoms. The van der Waals surface area contributed by atoms with Gasteiger partial charge in [-0.1, -0.05) is 5.21 Å². The summed E-state index contributed by atoms with van der Waals surface area (Å²) < 4.78 is 32.3. The van der Waals surface area contributed by atoms with Crippen molar-refractivity contribution in [1.29, 1.82) is 0 Å². The van der Waals surface area contributed by atoms with Crippen molar-refractivity contribution in [3.8, 4) is 5.82 Å². The summed E-state index contributed by atoms with van der Waals surface area (Å²) in [5, 5.41) is 18.5. The van der Waals surface area contributed by atoms with Gasteiger partial charge in [0, 0.05) is 18.2 Å². The van der Waals surface area contributed by atoms with Gasteiger partial charge in [-0.25, -0.2) is 18.8 Å². The van der Waals surface area contributed by atoms with Gasteiger partial charge in [0.15, 0.2) is 5.69 Å². The SMILES string of the molecule is CN(C)Cc1c(C(=O)N/N=C\c2ccc(F)cc2F)nnn1-c1nonc1N. The molecule has 2 heterocycles. The van der Waals surface area contributed by atoms with Crippen LogP contribution in [0, 0.1) is 11.6 Å². The van der Waals surface area contributed by atoms with Gasteiger partial charge in [0.25, 0.3) is 5.91 Å². The van der Waals surface area contributed by atoms with Crippen LogP contribution in [0.1, 0.15) is 21.7 Å². The van der Waals surface area contributed by atoms with Gasteiger partial charge in [-0.3, -0.25) is 4.79 Å². The van der Waals surface area contributed by atoms with Crippen molar-refractivity contribution in [1.82, 2.24) is 35.6 Å². The van der Waals surface area contributed by atoms with Crippen LogP contribution in [0.15, 0.2) is 27.9 Å². The Balaban J connectivity index is 1.84. The van der Waals surface area contributed by atoms with E-state index in [4.69, 9.17) is 5.73 Å². The van der Waals surface area contributed by atoms with Gasteiger partial charge in [0.2, 0.25) is 11.6 Å². The van der Waals surface area contributed by atoms with E-state index in [0.717, 1.165) is 12.3 Å². The monoisotopic (exact) mass is 391 g/mol. The number of carbonyl (C=O) groups is 1. The van der Waals surface area contributed by atoms with Crippen molar-refractivity contribution in [3.63, 3.8) is 0 Å². The van der Waals surface area contributed by atoms with E-state index < -0.39 is 17.5 Å². The minimum absolute atomic E-state index is 0.000291. The molecule has 0 radical (unpaired) electrons. The first-order valence-corrected chi connectivity index (χ1v) is 7.83. The maximum absolute atomic E-state index is 13.6. The van der Waals surface area contributed by atoms with Crippen LogP contribution in [0.3, 0.4) is 0 Å². The van der Waals surface area contributed by atoms with E-state index in [1.807, 2.05) is 0 Å². The number of anilines is 1. The van der Waals surface area contributed by atoms with Crippen LogP contribution in [0.4, 0.5) is 14.6 Å². The molecule has 0 aliphatic carbocycles. The molecule has 28 heavy (non-hydrogen) atoms. The second-order valence-corrected chi connectivity index (χ2v) is 5.87. The zero-order chi connectivity index (χ0) is 20.3. The first kappa shape index (κ1) is 19.0. The summed E-state index contributed by atoms with van der Waals surface area (Å²) in [4.78, 5) is 14.2. The topological polar surface area (TPSA) is 140 Å². The highest BCUT2D eigenvalue weighted by Crippen LogP contribution is 2.16. The third kappa shape index (κ3) is 3.98. The summed E-state index contributed by atoms with van der Waals surface area (Å²) in [6, 6.07) is 2.97. The van der Waals surface area contributed by atoms with Crippen molar-refractivity contribution in [3.05, 3.63) is 46.8 Å². The Hall–Kier alpha value is -3.74. The van der Waals surface area contributed by atoms with Gasteiger partial charge >= 0.3 is 0 Å². The standard InChI is InChI=1S/C15H15F2N9O2/c1-25(2)7-11-12(20-24-26(11)14-13(18)22-28-23-14)15(27)21-19-6-8-3-4-9(16)5-10(8)17/h3-6H,7H2,1-2H3,(H2,18,22)(H,21,27)/b19-6-. The average Bonchev–Trinajstić information content (AvgIpc) is 3.22. The Kier molecular flexibility index (Phi) is 5.35. The van der Waals surface area contributed by atoms with Crippen molar-refractivity contribution >= 4 is 17.9 Å². The molecule has 3 aromatic rings. The third-order valence-electron chi connectivity index (χ3n) is 3.47. The maximum atomic E-state index is 13.6. The van der Waals surface area contributed by atoms with Gasteiger partial charge < -0.3 is 10.6 Å². The first-order chi connectivity index (χ1) is 13.4. The fraction of sp³-hybridized carbons (Fsp3) is 0.200. The normalized spacial score (nSPS) is 11.5. The second-order valence-electron chi connectivity index (χ2n) is 5.87. The van der Waals surface area contributed by atoms with Crippen LogP contribution in [0.25, 0.3) is 5.82 Å². The lowest BCUT2D eigenvalue weighted by molar-refractivity contribution is 0.0948. The van der Waals surface area contributed by atoms with Crippen LogP contribution in [-0.4, -0.2) is 56.4 Å². The number of rotatable bonds is 6. The molecular formula is C15H15F2N9O2. The fourth-order valence-electron chi connectivity index (χ4n) is 2.25. The van der Waals surface area contributed by atoms with Gasteiger partial charge in [-0.2, -0.15) is 9.78 Å². The highest BCUT2D eigenvalue weighted by atomic mass is 19.1. The van der Waals surface area contributed by atoms with Crippen LogP contribution < -0.4 is 11.2 Å². The number of amides is 1. The van der Waals surface area contributed by atoms with Crippen LogP contribution >= 0.6 is 0 Å². The summed E-state index contributed by atoms with van der Waals surface area (Å²) in [5.41, 5.74) is 8.20. The van der Waals surface area contributed by atoms with E-state index in [0.29, 0.717) is 11.8 Å². The summed E-state index contributed by atoms with van der Waals surface area (Å²) in [5.74, 6) is -2.17. The zero-order valence-corrected chi connectivity index (χ0v) is 14.8. The lowest BCUT2D eigenvalue weighted by Crippen LogP contribution is -2.23. The number of hydrogen-bond acceptors (Lipinski definition) is 9. The van der Waals surface area contributed by atoms with E-state index >= 15 is 0 Å². The molecule has 0 aliphatic heterocycles. The van der Waals surface area contributed by atoms with E-state index in [9.17, 15) is 13.6 Å². The second kappa shape index (κ2) is 7.87. The molecule has 0 unspecified atom stereocenters. The molecule has 1 aromatic carbocycles. The average molecular weight is 391 g/mol. The molecule has 0 atom stereocenters. The molecule has 13 heteroatoms. The lowest BCUT2D eigenvalue weighted by Gasteiger charge is -2.11. The minimum Gasteiger partial charge on any atom is -0.378 e. The number of aromatic nitrogens is 5. The number of hydrogen-bond donors (Lipinski definition) is 2. The van der Waals surface area contributed by atoms with E-state index in [2.05, 4.69) is 35.8 Å². The van der Waals surface area contributed by atoms with Crippen LogP contribution in [0.5, 0.6) is 0 Å². The number of nitrogens with two attached hydrogens (primary N) is 1. The van der Waals surface area contributed by atoms with E-state index in [-0.39, 0.29) is 29.4 Å².